The number of ether oxygens (including phenoxy) is 1. The molecule has 24 heavy (non-hydrogen) atoms. The number of hydrogen-bond donors (Lipinski definition) is 0. The standard InChI is InChI=1S/C21H21NOS/c1-3-4-10-23-19-7-5-17-14-22(15(2)20(17)13-19)18-6-8-21-16(12-18)9-11-24-21/h5-9,11-13H,2-4,10,14H2,1H3. The van der Waals surface area contributed by atoms with Crippen molar-refractivity contribution in [2.45, 2.75) is 26.3 Å². The van der Waals surface area contributed by atoms with Crippen LogP contribution in [-0.2, 0) is 6.54 Å². The second-order valence-corrected chi connectivity index (χ2v) is 7.14. The fraction of sp³-hybridized carbons (Fsp3) is 0.238. The van der Waals surface area contributed by atoms with Gasteiger partial charge in [0.25, 0.3) is 0 Å². The van der Waals surface area contributed by atoms with E-state index in [0.29, 0.717) is 0 Å². The van der Waals surface area contributed by atoms with Crippen molar-refractivity contribution in [3.05, 3.63) is 65.6 Å². The topological polar surface area (TPSA) is 12.5 Å². The molecule has 0 saturated carbocycles. The molecule has 2 nitrogen and oxygen atoms in total. The van der Waals surface area contributed by atoms with Crippen molar-refractivity contribution < 1.29 is 4.74 Å². The van der Waals surface area contributed by atoms with E-state index in [2.05, 4.69) is 66.2 Å². The Morgan fingerprint density at radius 1 is 1.17 bits per heavy atom. The average molecular weight is 335 g/mol. The molecule has 1 aliphatic rings. The lowest BCUT2D eigenvalue weighted by Crippen LogP contribution is -2.12. The van der Waals surface area contributed by atoms with E-state index in [-0.39, 0.29) is 0 Å². The molecular weight excluding hydrogens is 314 g/mol. The van der Waals surface area contributed by atoms with E-state index in [9.17, 15) is 0 Å². The number of hydrogen-bond acceptors (Lipinski definition) is 3. The largest absolute Gasteiger partial charge is 0.494 e. The van der Waals surface area contributed by atoms with E-state index in [1.165, 1.54) is 26.9 Å². The molecule has 3 heteroatoms. The number of fused-ring (bicyclic) bond motifs is 2. The summed E-state index contributed by atoms with van der Waals surface area (Å²) in [5, 5.41) is 3.44. The third kappa shape index (κ3) is 2.69. The minimum Gasteiger partial charge on any atom is -0.494 e. The van der Waals surface area contributed by atoms with E-state index < -0.39 is 0 Å². The summed E-state index contributed by atoms with van der Waals surface area (Å²) < 4.78 is 7.18. The zero-order valence-corrected chi connectivity index (χ0v) is 14.7. The molecule has 0 bridgehead atoms. The van der Waals surface area contributed by atoms with Crippen molar-refractivity contribution in [1.29, 1.82) is 0 Å². The molecule has 1 aliphatic heterocycles. The van der Waals surface area contributed by atoms with Gasteiger partial charge in [-0.3, -0.25) is 0 Å². The minimum atomic E-state index is 0.778. The minimum absolute atomic E-state index is 0.778. The van der Waals surface area contributed by atoms with Gasteiger partial charge in [0, 0.05) is 28.2 Å². The fourth-order valence-electron chi connectivity index (χ4n) is 3.17. The first-order chi connectivity index (χ1) is 11.8. The molecule has 4 rings (SSSR count). The van der Waals surface area contributed by atoms with Crippen LogP contribution in [0.5, 0.6) is 5.75 Å². The van der Waals surface area contributed by atoms with E-state index in [0.717, 1.165) is 37.4 Å². The van der Waals surface area contributed by atoms with Crippen molar-refractivity contribution in [1.82, 2.24) is 0 Å². The van der Waals surface area contributed by atoms with E-state index >= 15 is 0 Å². The number of anilines is 1. The molecule has 3 aromatic rings. The monoisotopic (exact) mass is 335 g/mol. The first-order valence-corrected chi connectivity index (χ1v) is 9.34. The van der Waals surface area contributed by atoms with Crippen molar-refractivity contribution in [2.24, 2.45) is 0 Å². The molecule has 1 aromatic heterocycles. The second-order valence-electron chi connectivity index (χ2n) is 6.20. The van der Waals surface area contributed by atoms with Gasteiger partial charge in [0.2, 0.25) is 0 Å². The van der Waals surface area contributed by atoms with Crippen LogP contribution in [0.4, 0.5) is 5.69 Å². The molecule has 0 N–H and O–H groups in total. The summed E-state index contributed by atoms with van der Waals surface area (Å²) in [6.07, 6.45) is 2.24. The molecule has 0 fully saturated rings. The molecule has 122 valence electrons. The van der Waals surface area contributed by atoms with Gasteiger partial charge < -0.3 is 9.64 Å². The summed E-state index contributed by atoms with van der Waals surface area (Å²) in [6.45, 7) is 8.16. The van der Waals surface area contributed by atoms with Gasteiger partial charge in [0.05, 0.1) is 6.61 Å². The summed E-state index contributed by atoms with van der Waals surface area (Å²) in [6, 6.07) is 15.2. The number of unbranched alkanes of at least 4 members (excludes halogenated alkanes) is 1. The quantitative estimate of drug-likeness (QED) is 0.525. The third-order valence-corrected chi connectivity index (χ3v) is 5.46. The second kappa shape index (κ2) is 6.33. The number of thiophene rings is 1. The molecule has 0 unspecified atom stereocenters. The highest BCUT2D eigenvalue weighted by atomic mass is 32.1. The van der Waals surface area contributed by atoms with Gasteiger partial charge in [-0.15, -0.1) is 11.3 Å². The van der Waals surface area contributed by atoms with Crippen LogP contribution in [-0.4, -0.2) is 6.61 Å². The van der Waals surface area contributed by atoms with Gasteiger partial charge in [0.1, 0.15) is 5.75 Å². The predicted octanol–water partition coefficient (Wildman–Crippen LogP) is 6.07. The van der Waals surface area contributed by atoms with Crippen LogP contribution < -0.4 is 9.64 Å². The molecule has 0 aliphatic carbocycles. The highest BCUT2D eigenvalue weighted by Crippen LogP contribution is 2.38. The van der Waals surface area contributed by atoms with Crippen LogP contribution in [0.25, 0.3) is 15.8 Å². The van der Waals surface area contributed by atoms with Crippen molar-refractivity contribution >= 4 is 32.8 Å². The third-order valence-electron chi connectivity index (χ3n) is 4.56. The van der Waals surface area contributed by atoms with Gasteiger partial charge in [-0.25, -0.2) is 0 Å². The molecule has 0 atom stereocenters. The highest BCUT2D eigenvalue weighted by molar-refractivity contribution is 7.17. The summed E-state index contributed by atoms with van der Waals surface area (Å²) >= 11 is 1.78. The number of rotatable bonds is 5. The molecule has 2 aromatic carbocycles. The maximum Gasteiger partial charge on any atom is 0.119 e. The molecule has 2 heterocycles. The Balaban J connectivity index is 1.60. The van der Waals surface area contributed by atoms with Gasteiger partial charge in [-0.2, -0.15) is 0 Å². The van der Waals surface area contributed by atoms with Crippen molar-refractivity contribution in [3.8, 4) is 5.75 Å². The molecule has 0 spiro atoms. The Morgan fingerprint density at radius 3 is 2.96 bits per heavy atom. The zero-order chi connectivity index (χ0) is 16.5. The fourth-order valence-corrected chi connectivity index (χ4v) is 3.94. The van der Waals surface area contributed by atoms with Gasteiger partial charge in [-0.1, -0.05) is 26.0 Å². The van der Waals surface area contributed by atoms with Gasteiger partial charge >= 0.3 is 0 Å². The molecule has 0 amide bonds. The van der Waals surface area contributed by atoms with Crippen LogP contribution >= 0.6 is 11.3 Å². The van der Waals surface area contributed by atoms with Crippen LogP contribution in [0.2, 0.25) is 0 Å². The van der Waals surface area contributed by atoms with Crippen LogP contribution in [0.3, 0.4) is 0 Å². The number of nitrogens with zero attached hydrogens (tertiary/aromatic N) is 1. The van der Waals surface area contributed by atoms with Crippen LogP contribution in [0.15, 0.2) is 54.4 Å². The predicted molar refractivity (Wildman–Crippen MR) is 104 cm³/mol. The summed E-state index contributed by atoms with van der Waals surface area (Å²) in [7, 11) is 0. The highest BCUT2D eigenvalue weighted by Gasteiger charge is 2.24. The Hall–Kier alpha value is -2.26. The zero-order valence-electron chi connectivity index (χ0n) is 13.9. The Morgan fingerprint density at radius 2 is 2.08 bits per heavy atom. The normalized spacial score (nSPS) is 13.5. The summed E-state index contributed by atoms with van der Waals surface area (Å²) in [5.41, 5.74) is 4.78. The van der Waals surface area contributed by atoms with E-state index in [1.807, 2.05) is 0 Å². The lowest BCUT2D eigenvalue weighted by molar-refractivity contribution is 0.309. The van der Waals surface area contributed by atoms with Crippen LogP contribution in [0, 0.1) is 0 Å². The van der Waals surface area contributed by atoms with Crippen LogP contribution in [0.1, 0.15) is 30.9 Å². The van der Waals surface area contributed by atoms with Gasteiger partial charge in [0.15, 0.2) is 0 Å². The first-order valence-electron chi connectivity index (χ1n) is 8.46. The first kappa shape index (κ1) is 15.3. The SMILES string of the molecule is C=C1c2cc(OCCCC)ccc2CN1c1ccc2sccc2c1. The Kier molecular flexibility index (Phi) is 4.03. The lowest BCUT2D eigenvalue weighted by atomic mass is 10.1. The Labute approximate surface area is 147 Å². The molecule has 0 radical (unpaired) electrons. The van der Waals surface area contributed by atoms with Crippen molar-refractivity contribution in [2.75, 3.05) is 11.5 Å². The summed E-state index contributed by atoms with van der Waals surface area (Å²) in [4.78, 5) is 2.29. The van der Waals surface area contributed by atoms with Gasteiger partial charge in [-0.05, 0) is 59.1 Å². The van der Waals surface area contributed by atoms with E-state index in [1.54, 1.807) is 11.3 Å². The smallest absolute Gasteiger partial charge is 0.119 e. The number of benzene rings is 2. The van der Waals surface area contributed by atoms with E-state index in [4.69, 9.17) is 4.74 Å². The maximum atomic E-state index is 5.85. The average Bonchev–Trinajstić information content (AvgIpc) is 3.19. The maximum absolute atomic E-state index is 5.85. The summed E-state index contributed by atoms with van der Waals surface area (Å²) in [5.74, 6) is 0.943. The van der Waals surface area contributed by atoms with Crippen molar-refractivity contribution in [3.63, 3.8) is 0 Å². The molecule has 0 saturated heterocycles. The Bertz CT molecular complexity index is 896. The molecular formula is C21H21NOS. The lowest BCUT2D eigenvalue weighted by Gasteiger charge is -2.19.